The van der Waals surface area contributed by atoms with Crippen LogP contribution in [0.4, 0.5) is 0 Å². The highest BCUT2D eigenvalue weighted by Gasteiger charge is 1.96. The Bertz CT molecular complexity index is 243. The van der Waals surface area contributed by atoms with Gasteiger partial charge in [0.05, 0.1) is 5.97 Å². The van der Waals surface area contributed by atoms with Gasteiger partial charge in [-0.05, 0) is 46.1 Å². The summed E-state index contributed by atoms with van der Waals surface area (Å²) in [4.78, 5) is 10.5. The van der Waals surface area contributed by atoms with Crippen LogP contribution in [0, 0.1) is 0 Å². The van der Waals surface area contributed by atoms with E-state index >= 15 is 0 Å². The molecule has 13 heavy (non-hydrogen) atoms. The van der Waals surface area contributed by atoms with Crippen LogP contribution in [0.25, 0.3) is 0 Å². The normalized spacial score (nSPS) is 12.0. The third kappa shape index (κ3) is 5.23. The van der Waals surface area contributed by atoms with E-state index in [4.69, 9.17) is 0 Å². The molecule has 0 radical (unpaired) electrons. The third-order valence-electron chi connectivity index (χ3n) is 2.02. The van der Waals surface area contributed by atoms with Gasteiger partial charge in [0.25, 0.3) is 0 Å². The lowest BCUT2D eigenvalue weighted by molar-refractivity contribution is -0.299. The van der Waals surface area contributed by atoms with E-state index in [1.807, 2.05) is 20.8 Å². The second-order valence-corrected chi connectivity index (χ2v) is 3.51. The van der Waals surface area contributed by atoms with E-state index in [9.17, 15) is 9.90 Å². The minimum Gasteiger partial charge on any atom is -0.545 e. The molecule has 2 nitrogen and oxygen atoms in total. The van der Waals surface area contributed by atoms with Gasteiger partial charge in [0.2, 0.25) is 0 Å². The Labute approximate surface area is 80.0 Å². The molecule has 0 aromatic rings. The van der Waals surface area contributed by atoms with Gasteiger partial charge in [-0.15, -0.1) is 0 Å². The van der Waals surface area contributed by atoms with Crippen molar-refractivity contribution in [3.05, 3.63) is 22.8 Å². The van der Waals surface area contributed by atoms with Crippen LogP contribution in [0.15, 0.2) is 22.8 Å². The number of hydrogen-bond acceptors (Lipinski definition) is 2. The third-order valence-corrected chi connectivity index (χ3v) is 2.02. The Hall–Kier alpha value is -1.05. The largest absolute Gasteiger partial charge is 0.545 e. The first-order valence-electron chi connectivity index (χ1n) is 4.46. The van der Waals surface area contributed by atoms with Crippen molar-refractivity contribution in [1.82, 2.24) is 0 Å². The van der Waals surface area contributed by atoms with Gasteiger partial charge in [-0.2, -0.15) is 0 Å². The lowest BCUT2D eigenvalue weighted by Crippen LogP contribution is -2.23. The molecule has 0 spiro atoms. The van der Waals surface area contributed by atoms with Crippen LogP contribution in [-0.2, 0) is 4.79 Å². The Morgan fingerprint density at radius 1 is 1.23 bits per heavy atom. The van der Waals surface area contributed by atoms with Crippen molar-refractivity contribution < 1.29 is 9.90 Å². The first-order chi connectivity index (χ1) is 5.95. The van der Waals surface area contributed by atoms with Crippen LogP contribution in [0.2, 0.25) is 0 Å². The molecule has 0 fully saturated rings. The first kappa shape index (κ1) is 11.9. The Kier molecular flexibility index (Phi) is 5.12. The van der Waals surface area contributed by atoms with Crippen LogP contribution in [0.1, 0.15) is 40.5 Å². The van der Waals surface area contributed by atoms with Gasteiger partial charge in [-0.25, -0.2) is 0 Å². The highest BCUT2D eigenvalue weighted by Crippen LogP contribution is 2.10. The van der Waals surface area contributed by atoms with Gasteiger partial charge in [0.15, 0.2) is 0 Å². The van der Waals surface area contributed by atoms with Crippen LogP contribution in [0.5, 0.6) is 0 Å². The maximum Gasteiger partial charge on any atom is 0.0671 e. The number of carbonyl (C=O) groups excluding carboxylic acids is 1. The summed E-state index contributed by atoms with van der Waals surface area (Å²) in [7, 11) is 0. The average Bonchev–Trinajstić information content (AvgIpc) is 2.02. The van der Waals surface area contributed by atoms with Gasteiger partial charge in [0.1, 0.15) is 0 Å². The summed E-state index contributed by atoms with van der Waals surface area (Å²) >= 11 is 0. The zero-order chi connectivity index (χ0) is 10.4. The molecule has 0 saturated heterocycles. The molecule has 0 unspecified atom stereocenters. The zero-order valence-electron chi connectivity index (χ0n) is 8.81. The monoisotopic (exact) mass is 181 g/mol. The number of rotatable bonds is 4. The van der Waals surface area contributed by atoms with E-state index < -0.39 is 5.97 Å². The molecule has 0 atom stereocenters. The highest BCUT2D eigenvalue weighted by atomic mass is 16.4. The minimum atomic E-state index is -1.06. The van der Waals surface area contributed by atoms with E-state index in [2.05, 4.69) is 6.08 Å². The average molecular weight is 181 g/mol. The van der Waals surface area contributed by atoms with Crippen LogP contribution in [-0.4, -0.2) is 5.97 Å². The summed E-state index contributed by atoms with van der Waals surface area (Å²) in [5.41, 5.74) is 2.53. The molecule has 74 valence electrons. The second kappa shape index (κ2) is 5.57. The van der Waals surface area contributed by atoms with Crippen molar-refractivity contribution in [3.63, 3.8) is 0 Å². The predicted molar refractivity (Wildman–Crippen MR) is 52.0 cm³/mol. The molecule has 0 rings (SSSR count). The van der Waals surface area contributed by atoms with Gasteiger partial charge in [-0.1, -0.05) is 17.2 Å². The van der Waals surface area contributed by atoms with Gasteiger partial charge < -0.3 is 9.90 Å². The fourth-order valence-electron chi connectivity index (χ4n) is 0.939. The Morgan fingerprint density at radius 3 is 2.15 bits per heavy atom. The van der Waals surface area contributed by atoms with Crippen molar-refractivity contribution in [2.75, 3.05) is 0 Å². The van der Waals surface area contributed by atoms with E-state index in [0.29, 0.717) is 5.57 Å². The second-order valence-electron chi connectivity index (χ2n) is 3.51. The molecule has 0 N–H and O–H groups in total. The molecule has 0 aliphatic heterocycles. The molecule has 0 saturated carbocycles. The highest BCUT2D eigenvalue weighted by molar-refractivity contribution is 5.84. The van der Waals surface area contributed by atoms with Crippen molar-refractivity contribution >= 4 is 5.97 Å². The number of carbonyl (C=O) groups is 1. The SMILES string of the molecule is CC(C)=CCC/C(C)=C(\C)C(=O)[O-]. The number of aliphatic carboxylic acids is 1. The summed E-state index contributed by atoms with van der Waals surface area (Å²) in [5, 5.41) is 10.5. The summed E-state index contributed by atoms with van der Waals surface area (Å²) < 4.78 is 0. The summed E-state index contributed by atoms with van der Waals surface area (Å²) in [6, 6.07) is 0. The predicted octanol–water partition coefficient (Wildman–Crippen LogP) is 1.82. The zero-order valence-corrected chi connectivity index (χ0v) is 8.81. The molecule has 0 amide bonds. The quantitative estimate of drug-likeness (QED) is 0.490. The van der Waals surface area contributed by atoms with Crippen molar-refractivity contribution in [2.45, 2.75) is 40.5 Å². The number of allylic oxidation sites excluding steroid dienone is 3. The summed E-state index contributed by atoms with van der Waals surface area (Å²) in [5.74, 6) is -1.06. The molecule has 0 aromatic carbocycles. The molecule has 0 aromatic heterocycles. The molecular weight excluding hydrogens is 164 g/mol. The number of carboxylic acid groups (broad SMARTS) is 1. The molecule has 0 heterocycles. The lowest BCUT2D eigenvalue weighted by Gasteiger charge is -2.07. The maximum atomic E-state index is 10.5. The molecule has 0 bridgehead atoms. The van der Waals surface area contributed by atoms with Crippen molar-refractivity contribution in [2.24, 2.45) is 0 Å². The minimum absolute atomic E-state index is 0.363. The van der Waals surface area contributed by atoms with Crippen LogP contribution >= 0.6 is 0 Å². The maximum absolute atomic E-state index is 10.5. The van der Waals surface area contributed by atoms with Gasteiger partial charge >= 0.3 is 0 Å². The smallest absolute Gasteiger partial charge is 0.0671 e. The molecule has 0 aliphatic carbocycles. The Morgan fingerprint density at radius 2 is 1.77 bits per heavy atom. The summed E-state index contributed by atoms with van der Waals surface area (Å²) in [6.45, 7) is 7.49. The standard InChI is InChI=1S/C11H18O2/c1-8(2)6-5-7-9(3)10(4)11(12)13/h6H,5,7H2,1-4H3,(H,12,13)/p-1/b10-9+. The number of hydrogen-bond donors (Lipinski definition) is 0. The van der Waals surface area contributed by atoms with Gasteiger partial charge in [-0.3, -0.25) is 0 Å². The van der Waals surface area contributed by atoms with E-state index in [1.165, 1.54) is 5.57 Å². The lowest BCUT2D eigenvalue weighted by atomic mass is 10.1. The van der Waals surface area contributed by atoms with Crippen LogP contribution < -0.4 is 5.11 Å². The molecular formula is C11H17O2-. The summed E-state index contributed by atoms with van der Waals surface area (Å²) in [6.07, 6.45) is 3.80. The van der Waals surface area contributed by atoms with Crippen LogP contribution in [0.3, 0.4) is 0 Å². The van der Waals surface area contributed by atoms with Gasteiger partial charge in [0, 0.05) is 0 Å². The first-order valence-corrected chi connectivity index (χ1v) is 4.46. The van der Waals surface area contributed by atoms with Crippen molar-refractivity contribution in [1.29, 1.82) is 0 Å². The fourth-order valence-corrected chi connectivity index (χ4v) is 0.939. The van der Waals surface area contributed by atoms with E-state index in [1.54, 1.807) is 6.92 Å². The molecule has 0 aliphatic rings. The Balaban J connectivity index is 4.15. The molecule has 2 heteroatoms. The topological polar surface area (TPSA) is 40.1 Å². The van der Waals surface area contributed by atoms with Crippen molar-refractivity contribution in [3.8, 4) is 0 Å². The number of carboxylic acids is 1. The van der Waals surface area contributed by atoms with E-state index in [0.717, 1.165) is 18.4 Å². The fraction of sp³-hybridized carbons (Fsp3) is 0.545. The van der Waals surface area contributed by atoms with E-state index in [-0.39, 0.29) is 0 Å².